The smallest absolute Gasteiger partial charge is 0.320 e. The lowest BCUT2D eigenvalue weighted by Gasteiger charge is -2.23. The lowest BCUT2D eigenvalue weighted by atomic mass is 10.2. The fourth-order valence-electron chi connectivity index (χ4n) is 2.94. The van der Waals surface area contributed by atoms with E-state index in [2.05, 4.69) is 15.3 Å². The molecule has 1 N–H and O–H groups in total. The maximum atomic E-state index is 13.0. The molecule has 0 aromatic carbocycles. The highest BCUT2D eigenvalue weighted by molar-refractivity contribution is 7.14. The topological polar surface area (TPSA) is 93.7 Å². The minimum Gasteiger partial charge on any atom is -0.481 e. The van der Waals surface area contributed by atoms with Crippen molar-refractivity contribution in [1.82, 2.24) is 20.2 Å². The number of thiophene rings is 1. The van der Waals surface area contributed by atoms with Crippen LogP contribution in [0, 0.1) is 0 Å². The fraction of sp³-hybridized carbons (Fsp3) is 0.412. The Morgan fingerprint density at radius 3 is 2.77 bits per heavy atom. The third kappa shape index (κ3) is 3.48. The summed E-state index contributed by atoms with van der Waals surface area (Å²) < 4.78 is 10.2. The van der Waals surface area contributed by atoms with Crippen molar-refractivity contribution in [3.05, 3.63) is 33.6 Å². The molecule has 1 aliphatic heterocycles. The van der Waals surface area contributed by atoms with Gasteiger partial charge >= 0.3 is 6.01 Å². The maximum Gasteiger partial charge on any atom is 0.320 e. The number of hydrogen-bond donors (Lipinski definition) is 1. The molecule has 0 aliphatic carbocycles. The second-order valence-electron chi connectivity index (χ2n) is 5.72. The Hall–Kier alpha value is -2.68. The number of methoxy groups -OCH3 is 2. The van der Waals surface area contributed by atoms with Gasteiger partial charge in [0.15, 0.2) is 0 Å². The van der Waals surface area contributed by atoms with E-state index in [0.29, 0.717) is 11.4 Å². The number of rotatable bonds is 5. The summed E-state index contributed by atoms with van der Waals surface area (Å²) in [4.78, 5) is 36.4. The van der Waals surface area contributed by atoms with Crippen LogP contribution in [0.3, 0.4) is 0 Å². The molecule has 2 aromatic rings. The highest BCUT2D eigenvalue weighted by Crippen LogP contribution is 2.37. The van der Waals surface area contributed by atoms with Gasteiger partial charge in [0.05, 0.1) is 25.1 Å². The largest absolute Gasteiger partial charge is 0.481 e. The molecule has 2 aromatic heterocycles. The average molecular weight is 376 g/mol. The van der Waals surface area contributed by atoms with Gasteiger partial charge in [-0.25, -0.2) is 0 Å². The molecule has 1 fully saturated rings. The van der Waals surface area contributed by atoms with Crippen LogP contribution in [-0.4, -0.2) is 54.5 Å². The van der Waals surface area contributed by atoms with Crippen LogP contribution in [0.5, 0.6) is 11.9 Å². The Morgan fingerprint density at radius 1 is 1.27 bits per heavy atom. The maximum absolute atomic E-state index is 13.0. The molecule has 2 amide bonds. The first kappa shape index (κ1) is 18.1. The van der Waals surface area contributed by atoms with Gasteiger partial charge in [0.25, 0.3) is 11.8 Å². The molecule has 3 heterocycles. The van der Waals surface area contributed by atoms with E-state index in [4.69, 9.17) is 9.47 Å². The summed E-state index contributed by atoms with van der Waals surface area (Å²) in [6.45, 7) is 0.630. The fourth-order valence-corrected chi connectivity index (χ4v) is 4.04. The minimum absolute atomic E-state index is 0.0714. The first-order chi connectivity index (χ1) is 12.6. The van der Waals surface area contributed by atoms with E-state index >= 15 is 0 Å². The van der Waals surface area contributed by atoms with Gasteiger partial charge < -0.3 is 19.7 Å². The molecule has 0 spiro atoms. The van der Waals surface area contributed by atoms with Gasteiger partial charge in [-0.05, 0) is 25.0 Å². The molecular weight excluding hydrogens is 356 g/mol. The molecule has 1 aliphatic rings. The Bertz CT molecular complexity index is 801. The molecule has 0 bridgehead atoms. The third-order valence-electron chi connectivity index (χ3n) is 4.21. The summed E-state index contributed by atoms with van der Waals surface area (Å²) >= 11 is 1.41. The zero-order chi connectivity index (χ0) is 18.7. The van der Waals surface area contributed by atoms with Gasteiger partial charge in [-0.2, -0.15) is 9.97 Å². The van der Waals surface area contributed by atoms with E-state index in [1.165, 1.54) is 31.6 Å². The highest BCUT2D eigenvalue weighted by Gasteiger charge is 2.33. The van der Waals surface area contributed by atoms with Crippen molar-refractivity contribution in [2.45, 2.75) is 18.9 Å². The first-order valence-corrected chi connectivity index (χ1v) is 8.99. The normalized spacial score (nSPS) is 16.4. The summed E-state index contributed by atoms with van der Waals surface area (Å²) in [6, 6.07) is 5.22. The van der Waals surface area contributed by atoms with Gasteiger partial charge in [0, 0.05) is 24.5 Å². The molecule has 8 nitrogen and oxygen atoms in total. The van der Waals surface area contributed by atoms with E-state index < -0.39 is 0 Å². The lowest BCUT2D eigenvalue weighted by molar-refractivity contribution is 0.0729. The number of ether oxygens (including phenoxy) is 2. The van der Waals surface area contributed by atoms with Crippen molar-refractivity contribution < 1.29 is 19.1 Å². The number of likely N-dealkylation sites (tertiary alicyclic amines) is 1. The first-order valence-electron chi connectivity index (χ1n) is 8.17. The molecular formula is C17H20N4O4S. The van der Waals surface area contributed by atoms with Crippen molar-refractivity contribution in [2.75, 3.05) is 27.8 Å². The monoisotopic (exact) mass is 376 g/mol. The van der Waals surface area contributed by atoms with Crippen LogP contribution in [0.4, 0.5) is 0 Å². The predicted molar refractivity (Wildman–Crippen MR) is 95.9 cm³/mol. The third-order valence-corrected chi connectivity index (χ3v) is 5.40. The zero-order valence-corrected chi connectivity index (χ0v) is 15.6. The summed E-state index contributed by atoms with van der Waals surface area (Å²) in [7, 11) is 4.51. The molecule has 0 saturated carbocycles. The van der Waals surface area contributed by atoms with Gasteiger partial charge in [-0.3, -0.25) is 9.59 Å². The second-order valence-corrected chi connectivity index (χ2v) is 6.84. The Morgan fingerprint density at radius 2 is 2.08 bits per heavy atom. The van der Waals surface area contributed by atoms with Crippen molar-refractivity contribution in [2.24, 2.45) is 0 Å². The van der Waals surface area contributed by atoms with E-state index in [0.717, 1.165) is 17.7 Å². The molecule has 138 valence electrons. The van der Waals surface area contributed by atoms with Crippen LogP contribution in [0.15, 0.2) is 18.2 Å². The minimum atomic E-state index is -0.207. The summed E-state index contributed by atoms with van der Waals surface area (Å²) in [5.41, 5.74) is 0.226. The SMILES string of the molecule is CNC(=O)c1ccc(C2CCCN2C(=O)c2cc(OC)nc(OC)n2)s1. The van der Waals surface area contributed by atoms with E-state index in [9.17, 15) is 9.59 Å². The lowest BCUT2D eigenvalue weighted by Crippen LogP contribution is -2.31. The van der Waals surface area contributed by atoms with E-state index in [-0.39, 0.29) is 35.4 Å². The summed E-state index contributed by atoms with van der Waals surface area (Å²) in [5, 5.41) is 2.62. The molecule has 26 heavy (non-hydrogen) atoms. The molecule has 1 saturated heterocycles. The van der Waals surface area contributed by atoms with Crippen molar-refractivity contribution in [1.29, 1.82) is 0 Å². The molecule has 1 atom stereocenters. The molecule has 1 unspecified atom stereocenters. The average Bonchev–Trinajstić information content (AvgIpc) is 3.35. The quantitative estimate of drug-likeness (QED) is 0.857. The Labute approximate surface area is 155 Å². The summed E-state index contributed by atoms with van der Waals surface area (Å²) in [6.07, 6.45) is 1.74. The van der Waals surface area contributed by atoms with Crippen LogP contribution in [0.2, 0.25) is 0 Å². The number of nitrogens with one attached hydrogen (secondary N) is 1. The van der Waals surface area contributed by atoms with Crippen LogP contribution in [0.1, 0.15) is 43.9 Å². The van der Waals surface area contributed by atoms with Gasteiger partial charge in [-0.15, -0.1) is 11.3 Å². The van der Waals surface area contributed by atoms with E-state index in [1.807, 2.05) is 6.07 Å². The number of hydrogen-bond acceptors (Lipinski definition) is 7. The van der Waals surface area contributed by atoms with Crippen molar-refractivity contribution >= 4 is 23.2 Å². The zero-order valence-electron chi connectivity index (χ0n) is 14.8. The standard InChI is InChI=1S/C17H20N4O4S/c1-18-15(22)13-7-6-12(26-13)11-5-4-8-21(11)16(23)10-9-14(24-2)20-17(19-10)25-3/h6-7,9,11H,4-5,8H2,1-3H3,(H,18,22). The van der Waals surface area contributed by atoms with Gasteiger partial charge in [0.1, 0.15) is 5.69 Å². The van der Waals surface area contributed by atoms with Crippen LogP contribution in [0.25, 0.3) is 0 Å². The highest BCUT2D eigenvalue weighted by atomic mass is 32.1. The van der Waals surface area contributed by atoms with E-state index in [1.54, 1.807) is 18.0 Å². The van der Waals surface area contributed by atoms with Crippen molar-refractivity contribution in [3.8, 4) is 11.9 Å². The van der Waals surface area contributed by atoms with Crippen molar-refractivity contribution in [3.63, 3.8) is 0 Å². The number of nitrogens with zero attached hydrogens (tertiary/aromatic N) is 3. The Balaban J connectivity index is 1.87. The van der Waals surface area contributed by atoms with Gasteiger partial charge in [0.2, 0.25) is 5.88 Å². The van der Waals surface area contributed by atoms with Crippen LogP contribution < -0.4 is 14.8 Å². The number of amides is 2. The number of carbonyl (C=O) groups is 2. The second kappa shape index (κ2) is 7.69. The molecule has 0 radical (unpaired) electrons. The summed E-state index contributed by atoms with van der Waals surface area (Å²) in [5.74, 6) is -0.0576. The van der Waals surface area contributed by atoms with Crippen LogP contribution >= 0.6 is 11.3 Å². The number of carbonyl (C=O) groups excluding carboxylic acids is 2. The number of aromatic nitrogens is 2. The molecule has 3 rings (SSSR count). The van der Waals surface area contributed by atoms with Crippen LogP contribution in [-0.2, 0) is 0 Å². The molecule has 9 heteroatoms. The van der Waals surface area contributed by atoms with Gasteiger partial charge in [-0.1, -0.05) is 0 Å². The predicted octanol–water partition coefficient (Wildman–Crippen LogP) is 1.89. The Kier molecular flexibility index (Phi) is 5.36.